The van der Waals surface area contributed by atoms with Crippen molar-refractivity contribution in [1.29, 1.82) is 0 Å². The number of likely N-dealkylation sites (N-methyl/N-ethyl adjacent to an activating group) is 1. The van der Waals surface area contributed by atoms with Crippen LogP contribution in [0.3, 0.4) is 0 Å². The van der Waals surface area contributed by atoms with Crippen LogP contribution >= 0.6 is 11.6 Å². The second-order valence-electron chi connectivity index (χ2n) is 3.66. The highest BCUT2D eigenvalue weighted by atomic mass is 35.5. The van der Waals surface area contributed by atoms with E-state index in [1.165, 1.54) is 0 Å². The Morgan fingerprint density at radius 2 is 2.29 bits per heavy atom. The summed E-state index contributed by atoms with van der Waals surface area (Å²) in [5.74, 6) is 0.736. The molecule has 4 nitrogen and oxygen atoms in total. The topological polar surface area (TPSA) is 55.6 Å². The molecule has 0 bridgehead atoms. The molecule has 0 spiro atoms. The minimum atomic E-state index is 0.0298. The van der Waals surface area contributed by atoms with Crippen LogP contribution in [-0.4, -0.2) is 37.6 Å². The predicted molar refractivity (Wildman–Crippen MR) is 68.3 cm³/mol. The van der Waals surface area contributed by atoms with Gasteiger partial charge in [0.1, 0.15) is 12.4 Å². The smallest absolute Gasteiger partial charge is 0.223 e. The first-order chi connectivity index (χ1) is 8.13. The number of hydrogen-bond acceptors (Lipinski definition) is 3. The van der Waals surface area contributed by atoms with Gasteiger partial charge in [-0.15, -0.1) is 0 Å². The lowest BCUT2D eigenvalue weighted by Crippen LogP contribution is -2.32. The van der Waals surface area contributed by atoms with Crippen LogP contribution in [0.25, 0.3) is 0 Å². The largest absolute Gasteiger partial charge is 0.492 e. The number of amides is 1. The summed E-state index contributed by atoms with van der Waals surface area (Å²) < 4.78 is 5.48. The van der Waals surface area contributed by atoms with Crippen molar-refractivity contribution in [3.63, 3.8) is 0 Å². The Kier molecular flexibility index (Phi) is 5.80. The maximum Gasteiger partial charge on any atom is 0.223 e. The van der Waals surface area contributed by atoms with Crippen molar-refractivity contribution in [3.05, 3.63) is 29.3 Å². The summed E-state index contributed by atoms with van der Waals surface area (Å²) in [6, 6.07) is 7.17. The van der Waals surface area contributed by atoms with Crippen molar-refractivity contribution in [2.24, 2.45) is 5.73 Å². The fraction of sp³-hybridized carbons (Fsp3) is 0.417. The van der Waals surface area contributed by atoms with Gasteiger partial charge < -0.3 is 15.4 Å². The van der Waals surface area contributed by atoms with Gasteiger partial charge in [0.05, 0.1) is 6.54 Å². The molecule has 0 radical (unpaired) electrons. The standard InChI is InChI=1S/C12H17ClN2O2/c1-15(12(16)5-6-14)7-8-17-11-4-2-3-10(13)9-11/h2-4,9H,5-8,14H2,1H3. The molecule has 0 atom stereocenters. The average Bonchev–Trinajstić information content (AvgIpc) is 2.29. The van der Waals surface area contributed by atoms with Gasteiger partial charge >= 0.3 is 0 Å². The Balaban J connectivity index is 2.30. The molecule has 1 aromatic carbocycles. The summed E-state index contributed by atoms with van der Waals surface area (Å²) in [6.45, 7) is 1.34. The van der Waals surface area contributed by atoms with E-state index in [-0.39, 0.29) is 5.91 Å². The normalized spacial score (nSPS) is 10.1. The molecule has 0 aromatic heterocycles. The fourth-order valence-corrected chi connectivity index (χ4v) is 1.48. The summed E-state index contributed by atoms with van der Waals surface area (Å²) in [5.41, 5.74) is 5.31. The van der Waals surface area contributed by atoms with Crippen molar-refractivity contribution in [3.8, 4) is 5.75 Å². The number of nitrogens with two attached hydrogens (primary N) is 1. The molecule has 1 aromatic rings. The first-order valence-corrected chi connectivity index (χ1v) is 5.83. The molecule has 0 aliphatic carbocycles. The van der Waals surface area contributed by atoms with Crippen LogP contribution in [0.4, 0.5) is 0 Å². The first-order valence-electron chi connectivity index (χ1n) is 5.46. The second-order valence-corrected chi connectivity index (χ2v) is 4.10. The van der Waals surface area contributed by atoms with E-state index in [0.29, 0.717) is 36.9 Å². The fourth-order valence-electron chi connectivity index (χ4n) is 1.30. The molecule has 0 saturated carbocycles. The first kappa shape index (κ1) is 13.8. The van der Waals surface area contributed by atoms with Crippen LogP contribution in [0.15, 0.2) is 24.3 Å². The van der Waals surface area contributed by atoms with Crippen molar-refractivity contribution in [2.45, 2.75) is 6.42 Å². The second kappa shape index (κ2) is 7.14. The summed E-state index contributed by atoms with van der Waals surface area (Å²) >= 11 is 5.82. The van der Waals surface area contributed by atoms with Gasteiger partial charge in [-0.25, -0.2) is 0 Å². The third-order valence-electron chi connectivity index (χ3n) is 2.28. The molecular formula is C12H17ClN2O2. The van der Waals surface area contributed by atoms with E-state index in [1.54, 1.807) is 24.1 Å². The Labute approximate surface area is 106 Å². The van der Waals surface area contributed by atoms with Crippen LogP contribution in [0.5, 0.6) is 5.75 Å². The molecule has 0 unspecified atom stereocenters. The number of benzene rings is 1. The third kappa shape index (κ3) is 5.06. The van der Waals surface area contributed by atoms with E-state index in [1.807, 2.05) is 12.1 Å². The predicted octanol–water partition coefficient (Wildman–Crippen LogP) is 1.53. The number of nitrogens with zero attached hydrogens (tertiary/aromatic N) is 1. The van der Waals surface area contributed by atoms with Crippen LogP contribution in [0.1, 0.15) is 6.42 Å². The lowest BCUT2D eigenvalue weighted by molar-refractivity contribution is -0.130. The molecular weight excluding hydrogens is 240 g/mol. The lowest BCUT2D eigenvalue weighted by atomic mass is 10.3. The van der Waals surface area contributed by atoms with Crippen molar-refractivity contribution in [1.82, 2.24) is 4.90 Å². The number of halogens is 1. The Hall–Kier alpha value is -1.26. The Bertz CT molecular complexity index is 371. The SMILES string of the molecule is CN(CCOc1cccc(Cl)c1)C(=O)CCN. The molecule has 1 amide bonds. The van der Waals surface area contributed by atoms with Gasteiger partial charge in [0, 0.05) is 25.0 Å². The molecule has 2 N–H and O–H groups in total. The number of rotatable bonds is 6. The van der Waals surface area contributed by atoms with Gasteiger partial charge in [-0.1, -0.05) is 17.7 Å². The highest BCUT2D eigenvalue weighted by molar-refractivity contribution is 6.30. The lowest BCUT2D eigenvalue weighted by Gasteiger charge is -2.17. The summed E-state index contributed by atoms with van der Waals surface area (Å²) in [4.78, 5) is 13.0. The van der Waals surface area contributed by atoms with E-state index < -0.39 is 0 Å². The van der Waals surface area contributed by atoms with Gasteiger partial charge in [0.2, 0.25) is 5.91 Å². The molecule has 0 aliphatic rings. The molecule has 94 valence electrons. The molecule has 0 heterocycles. The Morgan fingerprint density at radius 1 is 1.53 bits per heavy atom. The molecule has 0 fully saturated rings. The van der Waals surface area contributed by atoms with Crippen LogP contribution < -0.4 is 10.5 Å². The van der Waals surface area contributed by atoms with Crippen molar-refractivity contribution < 1.29 is 9.53 Å². The van der Waals surface area contributed by atoms with Crippen LogP contribution in [-0.2, 0) is 4.79 Å². The molecule has 5 heteroatoms. The average molecular weight is 257 g/mol. The van der Waals surface area contributed by atoms with E-state index in [9.17, 15) is 4.79 Å². The highest BCUT2D eigenvalue weighted by Gasteiger charge is 2.06. The number of carbonyl (C=O) groups is 1. The van der Waals surface area contributed by atoms with Crippen molar-refractivity contribution in [2.75, 3.05) is 26.7 Å². The summed E-state index contributed by atoms with van der Waals surface area (Å²) in [7, 11) is 1.74. The minimum absolute atomic E-state index is 0.0298. The summed E-state index contributed by atoms with van der Waals surface area (Å²) in [6.07, 6.45) is 0.369. The quantitative estimate of drug-likeness (QED) is 0.840. The zero-order chi connectivity index (χ0) is 12.7. The van der Waals surface area contributed by atoms with E-state index in [2.05, 4.69) is 0 Å². The van der Waals surface area contributed by atoms with Gasteiger partial charge in [-0.3, -0.25) is 4.79 Å². The third-order valence-corrected chi connectivity index (χ3v) is 2.51. The number of ether oxygens (including phenoxy) is 1. The Morgan fingerprint density at radius 3 is 2.94 bits per heavy atom. The minimum Gasteiger partial charge on any atom is -0.492 e. The van der Waals surface area contributed by atoms with Gasteiger partial charge in [0.25, 0.3) is 0 Å². The highest BCUT2D eigenvalue weighted by Crippen LogP contribution is 2.16. The molecule has 1 rings (SSSR count). The van der Waals surface area contributed by atoms with E-state index in [4.69, 9.17) is 22.1 Å². The zero-order valence-corrected chi connectivity index (χ0v) is 10.6. The van der Waals surface area contributed by atoms with Gasteiger partial charge in [-0.2, -0.15) is 0 Å². The maximum atomic E-state index is 11.4. The summed E-state index contributed by atoms with van der Waals surface area (Å²) in [5, 5.41) is 0.634. The number of carbonyl (C=O) groups excluding carboxylic acids is 1. The van der Waals surface area contributed by atoms with E-state index in [0.717, 1.165) is 0 Å². The van der Waals surface area contributed by atoms with Gasteiger partial charge in [-0.05, 0) is 18.2 Å². The number of hydrogen-bond donors (Lipinski definition) is 1. The molecule has 17 heavy (non-hydrogen) atoms. The molecule has 0 aliphatic heterocycles. The van der Waals surface area contributed by atoms with Crippen LogP contribution in [0, 0.1) is 0 Å². The van der Waals surface area contributed by atoms with Gasteiger partial charge in [0.15, 0.2) is 0 Å². The maximum absolute atomic E-state index is 11.4. The van der Waals surface area contributed by atoms with Crippen LogP contribution in [0.2, 0.25) is 5.02 Å². The molecule has 0 saturated heterocycles. The van der Waals surface area contributed by atoms with Crippen molar-refractivity contribution >= 4 is 17.5 Å². The zero-order valence-electron chi connectivity index (χ0n) is 9.86. The van der Waals surface area contributed by atoms with E-state index >= 15 is 0 Å². The monoisotopic (exact) mass is 256 g/mol.